The third kappa shape index (κ3) is 3.16. The van der Waals surface area contributed by atoms with Crippen LogP contribution in [-0.2, 0) is 24.5 Å². The van der Waals surface area contributed by atoms with Crippen LogP contribution in [0.5, 0.6) is 0 Å². The lowest BCUT2D eigenvalue weighted by atomic mass is 9.72. The van der Waals surface area contributed by atoms with E-state index in [2.05, 4.69) is 0 Å². The van der Waals surface area contributed by atoms with E-state index >= 15 is 0 Å². The molecule has 0 saturated carbocycles. The maximum absolute atomic E-state index is 13.4. The van der Waals surface area contributed by atoms with E-state index in [1.807, 2.05) is 31.2 Å². The van der Waals surface area contributed by atoms with Crippen molar-refractivity contribution in [1.29, 1.82) is 0 Å². The van der Waals surface area contributed by atoms with Crippen LogP contribution in [0.15, 0.2) is 24.3 Å². The van der Waals surface area contributed by atoms with E-state index in [0.29, 0.717) is 32.6 Å². The molecule has 6 nitrogen and oxygen atoms in total. The van der Waals surface area contributed by atoms with Crippen molar-refractivity contribution in [3.63, 3.8) is 0 Å². The standard InChI is InChI=1S/C18H23NO5/c1-13-2-4-14(5-3-13)18(6-9-23-10-7-18)17(22)19-8-11-24-15(12-19)16(20)21/h2-5,15H,6-12H2,1H3,(H,20,21)/t15-/m0/s1. The van der Waals surface area contributed by atoms with Crippen LogP contribution in [0.25, 0.3) is 0 Å². The SMILES string of the molecule is Cc1ccc(C2(C(=O)N3CCO[C@H](C(=O)O)C3)CCOCC2)cc1. The maximum Gasteiger partial charge on any atom is 0.334 e. The quantitative estimate of drug-likeness (QED) is 0.904. The normalized spacial score (nSPS) is 23.7. The molecule has 0 aliphatic carbocycles. The molecule has 0 spiro atoms. The summed E-state index contributed by atoms with van der Waals surface area (Å²) in [6.07, 6.45) is 0.283. The molecule has 1 aromatic rings. The number of carboxylic acid groups (broad SMARTS) is 1. The van der Waals surface area contributed by atoms with E-state index in [1.165, 1.54) is 0 Å². The van der Waals surface area contributed by atoms with Crippen LogP contribution >= 0.6 is 0 Å². The van der Waals surface area contributed by atoms with E-state index in [4.69, 9.17) is 9.47 Å². The highest BCUT2D eigenvalue weighted by molar-refractivity contribution is 5.89. The van der Waals surface area contributed by atoms with Crippen LogP contribution in [-0.4, -0.2) is 60.9 Å². The second-order valence-electron chi connectivity index (χ2n) is 6.51. The summed E-state index contributed by atoms with van der Waals surface area (Å²) in [5, 5.41) is 9.18. The minimum absolute atomic E-state index is 0.01000. The van der Waals surface area contributed by atoms with Gasteiger partial charge in [0.2, 0.25) is 5.91 Å². The highest BCUT2D eigenvalue weighted by Gasteiger charge is 2.45. The van der Waals surface area contributed by atoms with Crippen LogP contribution in [0.2, 0.25) is 0 Å². The predicted molar refractivity (Wildman–Crippen MR) is 86.9 cm³/mol. The smallest absolute Gasteiger partial charge is 0.334 e. The number of morpholine rings is 1. The van der Waals surface area contributed by atoms with Gasteiger partial charge in [0.15, 0.2) is 6.10 Å². The van der Waals surface area contributed by atoms with E-state index < -0.39 is 17.5 Å². The third-order valence-electron chi connectivity index (χ3n) is 4.99. The number of benzene rings is 1. The summed E-state index contributed by atoms with van der Waals surface area (Å²) < 4.78 is 10.7. The zero-order valence-electron chi connectivity index (χ0n) is 13.9. The number of amides is 1. The summed E-state index contributed by atoms with van der Waals surface area (Å²) in [7, 11) is 0. The molecule has 2 aliphatic rings. The molecular formula is C18H23NO5. The Balaban J connectivity index is 1.89. The van der Waals surface area contributed by atoms with Gasteiger partial charge in [-0.05, 0) is 25.3 Å². The van der Waals surface area contributed by atoms with Crippen LogP contribution in [0.1, 0.15) is 24.0 Å². The van der Waals surface area contributed by atoms with Crippen molar-refractivity contribution in [2.45, 2.75) is 31.3 Å². The number of carboxylic acids is 1. The zero-order valence-corrected chi connectivity index (χ0v) is 13.9. The van der Waals surface area contributed by atoms with Crippen molar-refractivity contribution in [2.24, 2.45) is 0 Å². The first kappa shape index (κ1) is 16.9. The number of aryl methyl sites for hydroxylation is 1. The van der Waals surface area contributed by atoms with Gasteiger partial charge in [0.25, 0.3) is 0 Å². The highest BCUT2D eigenvalue weighted by atomic mass is 16.5. The highest BCUT2D eigenvalue weighted by Crippen LogP contribution is 2.37. The number of carbonyl (C=O) groups excluding carboxylic acids is 1. The van der Waals surface area contributed by atoms with Crippen molar-refractivity contribution in [3.05, 3.63) is 35.4 Å². The van der Waals surface area contributed by atoms with Crippen molar-refractivity contribution in [3.8, 4) is 0 Å². The largest absolute Gasteiger partial charge is 0.479 e. The van der Waals surface area contributed by atoms with Crippen molar-refractivity contribution >= 4 is 11.9 Å². The number of rotatable bonds is 3. The molecule has 1 amide bonds. The van der Waals surface area contributed by atoms with Gasteiger partial charge in [0.1, 0.15) is 0 Å². The summed E-state index contributed by atoms with van der Waals surface area (Å²) >= 11 is 0. The Bertz CT molecular complexity index is 606. The second kappa shape index (κ2) is 6.91. The van der Waals surface area contributed by atoms with E-state index in [0.717, 1.165) is 11.1 Å². The van der Waals surface area contributed by atoms with E-state index in [1.54, 1.807) is 4.90 Å². The summed E-state index contributed by atoms with van der Waals surface area (Å²) in [6.45, 7) is 3.86. The lowest BCUT2D eigenvalue weighted by molar-refractivity contribution is -0.162. The van der Waals surface area contributed by atoms with Gasteiger partial charge >= 0.3 is 5.97 Å². The summed E-state index contributed by atoms with van der Waals surface area (Å²) in [5.74, 6) is -1.03. The van der Waals surface area contributed by atoms with Crippen molar-refractivity contribution in [1.82, 2.24) is 4.90 Å². The molecule has 24 heavy (non-hydrogen) atoms. The molecule has 0 radical (unpaired) electrons. The van der Waals surface area contributed by atoms with Crippen LogP contribution in [0.3, 0.4) is 0 Å². The number of hydrogen-bond donors (Lipinski definition) is 1. The molecule has 3 rings (SSSR count). The predicted octanol–water partition coefficient (Wildman–Crippen LogP) is 1.36. The molecule has 2 saturated heterocycles. The molecule has 2 aliphatic heterocycles. The maximum atomic E-state index is 13.4. The molecule has 0 unspecified atom stereocenters. The third-order valence-corrected chi connectivity index (χ3v) is 4.99. The Morgan fingerprint density at radius 2 is 1.83 bits per heavy atom. The van der Waals surface area contributed by atoms with E-state index in [-0.39, 0.29) is 19.1 Å². The summed E-state index contributed by atoms with van der Waals surface area (Å²) in [5.41, 5.74) is 1.50. The Kier molecular flexibility index (Phi) is 4.87. The van der Waals surface area contributed by atoms with Crippen molar-refractivity contribution in [2.75, 3.05) is 32.9 Å². The molecule has 130 valence electrons. The fourth-order valence-corrected chi connectivity index (χ4v) is 3.50. The number of hydrogen-bond acceptors (Lipinski definition) is 4. The lowest BCUT2D eigenvalue weighted by Gasteiger charge is -2.42. The molecule has 1 N–H and O–H groups in total. The van der Waals surface area contributed by atoms with Crippen LogP contribution in [0, 0.1) is 6.92 Å². The minimum atomic E-state index is -1.02. The first-order chi connectivity index (χ1) is 11.5. The molecule has 0 aromatic heterocycles. The topological polar surface area (TPSA) is 76.1 Å². The Hall–Kier alpha value is -1.92. The van der Waals surface area contributed by atoms with Crippen LogP contribution < -0.4 is 0 Å². The van der Waals surface area contributed by atoms with Gasteiger partial charge in [-0.25, -0.2) is 4.79 Å². The van der Waals surface area contributed by atoms with Gasteiger partial charge < -0.3 is 19.5 Å². The lowest BCUT2D eigenvalue weighted by Crippen LogP contribution is -2.56. The average molecular weight is 333 g/mol. The Morgan fingerprint density at radius 1 is 1.17 bits per heavy atom. The van der Waals surface area contributed by atoms with Gasteiger partial charge in [-0.1, -0.05) is 29.8 Å². The summed E-state index contributed by atoms with van der Waals surface area (Å²) in [6, 6.07) is 8.04. The van der Waals surface area contributed by atoms with Gasteiger partial charge in [0, 0.05) is 19.8 Å². The molecule has 1 aromatic carbocycles. The van der Waals surface area contributed by atoms with Crippen molar-refractivity contribution < 1.29 is 24.2 Å². The number of nitrogens with zero attached hydrogens (tertiary/aromatic N) is 1. The second-order valence-corrected chi connectivity index (χ2v) is 6.51. The minimum Gasteiger partial charge on any atom is -0.479 e. The molecule has 0 bridgehead atoms. The first-order valence-electron chi connectivity index (χ1n) is 8.32. The van der Waals surface area contributed by atoms with Gasteiger partial charge in [0.05, 0.1) is 18.6 Å². The molecule has 2 heterocycles. The fourth-order valence-electron chi connectivity index (χ4n) is 3.50. The molecular weight excluding hydrogens is 310 g/mol. The average Bonchev–Trinajstić information content (AvgIpc) is 2.62. The number of carbonyl (C=O) groups is 2. The monoisotopic (exact) mass is 333 g/mol. The van der Waals surface area contributed by atoms with Gasteiger partial charge in [-0.3, -0.25) is 4.79 Å². The molecule has 1 atom stereocenters. The Labute approximate surface area is 141 Å². The van der Waals surface area contributed by atoms with Gasteiger partial charge in [-0.15, -0.1) is 0 Å². The van der Waals surface area contributed by atoms with Gasteiger partial charge in [-0.2, -0.15) is 0 Å². The molecule has 6 heteroatoms. The first-order valence-corrected chi connectivity index (χ1v) is 8.32. The Morgan fingerprint density at radius 3 is 2.46 bits per heavy atom. The summed E-state index contributed by atoms with van der Waals surface area (Å²) in [4.78, 5) is 26.2. The van der Waals surface area contributed by atoms with Crippen LogP contribution in [0.4, 0.5) is 0 Å². The number of ether oxygens (including phenoxy) is 2. The zero-order chi connectivity index (χ0) is 17.2. The number of aliphatic carboxylic acids is 1. The van der Waals surface area contributed by atoms with E-state index in [9.17, 15) is 14.7 Å². The fraction of sp³-hybridized carbons (Fsp3) is 0.556. The molecule has 2 fully saturated rings.